The van der Waals surface area contributed by atoms with Crippen molar-refractivity contribution in [1.82, 2.24) is 14.9 Å². The first-order valence-corrected chi connectivity index (χ1v) is 8.47. The van der Waals surface area contributed by atoms with Crippen LogP contribution >= 0.6 is 24.2 Å². The maximum atomic E-state index is 11.9. The van der Waals surface area contributed by atoms with Crippen LogP contribution in [0.25, 0.3) is 11.0 Å². The van der Waals surface area contributed by atoms with E-state index in [0.717, 1.165) is 22.6 Å². The third-order valence-electron chi connectivity index (χ3n) is 3.45. The maximum absolute atomic E-state index is 11.9. The Balaban J connectivity index is 0.00000242. The minimum absolute atomic E-state index is 0. The first kappa shape index (κ1) is 18.8. The lowest BCUT2D eigenvalue weighted by Crippen LogP contribution is -2.42. The monoisotopic (exact) mass is 342 g/mol. The van der Waals surface area contributed by atoms with Crippen molar-refractivity contribution >= 4 is 41.1 Å². The van der Waals surface area contributed by atoms with Crippen LogP contribution in [-0.4, -0.2) is 40.1 Å². The van der Waals surface area contributed by atoms with Crippen molar-refractivity contribution in [3.05, 3.63) is 30.1 Å². The van der Waals surface area contributed by atoms with E-state index in [1.165, 1.54) is 0 Å². The highest BCUT2D eigenvalue weighted by Crippen LogP contribution is 2.14. The number of fused-ring (bicyclic) bond motifs is 1. The van der Waals surface area contributed by atoms with Crippen molar-refractivity contribution in [3.63, 3.8) is 0 Å². The van der Waals surface area contributed by atoms with Gasteiger partial charge in [-0.1, -0.05) is 12.1 Å². The van der Waals surface area contributed by atoms with Crippen LogP contribution in [0.4, 0.5) is 0 Å². The van der Waals surface area contributed by atoms with Crippen molar-refractivity contribution in [2.75, 3.05) is 18.6 Å². The quantitative estimate of drug-likeness (QED) is 0.806. The predicted octanol–water partition coefficient (Wildman–Crippen LogP) is 1.96. The number of imidazole rings is 1. The molecule has 1 aromatic heterocycles. The van der Waals surface area contributed by atoms with E-state index in [9.17, 15) is 4.79 Å². The highest BCUT2D eigenvalue weighted by Gasteiger charge is 2.12. The van der Waals surface area contributed by atoms with Gasteiger partial charge in [-0.3, -0.25) is 4.79 Å². The van der Waals surface area contributed by atoms with Crippen LogP contribution in [-0.2, 0) is 11.3 Å². The molecule has 2 rings (SSSR count). The molecule has 0 aliphatic heterocycles. The zero-order chi connectivity index (χ0) is 15.2. The van der Waals surface area contributed by atoms with Gasteiger partial charge in [0.25, 0.3) is 0 Å². The number of thioether (sulfide) groups is 1. The largest absolute Gasteiger partial charge is 0.353 e. The number of carbonyl (C=O) groups excluding carboxylic acids is 1. The molecule has 0 unspecified atom stereocenters. The van der Waals surface area contributed by atoms with Gasteiger partial charge in [0.15, 0.2) is 0 Å². The van der Waals surface area contributed by atoms with Gasteiger partial charge in [0.05, 0.1) is 17.1 Å². The number of rotatable bonds is 7. The van der Waals surface area contributed by atoms with E-state index in [-0.39, 0.29) is 18.3 Å². The fourth-order valence-electron chi connectivity index (χ4n) is 2.28. The van der Waals surface area contributed by atoms with Gasteiger partial charge >= 0.3 is 0 Å². The number of para-hydroxylation sites is 2. The molecule has 3 N–H and O–H groups in total. The normalized spacial score (nSPS) is 12.0. The van der Waals surface area contributed by atoms with Crippen LogP contribution in [0, 0.1) is 6.92 Å². The summed E-state index contributed by atoms with van der Waals surface area (Å²) >= 11 is 1.70. The van der Waals surface area contributed by atoms with Gasteiger partial charge in [0.2, 0.25) is 5.91 Å². The molecule has 122 valence electrons. The predicted molar refractivity (Wildman–Crippen MR) is 95.7 cm³/mol. The minimum Gasteiger partial charge on any atom is -0.353 e. The molecule has 0 bridgehead atoms. The fourth-order valence-corrected chi connectivity index (χ4v) is 2.77. The number of nitrogens with zero attached hydrogens (tertiary/aromatic N) is 2. The number of halogens is 1. The standard InChI is InChI=1S/C15H22N4OS.ClH/c1-11-18-13-5-3-4-6-14(13)19(11)9-8-17-15(20)12(16)7-10-21-2;/h3-6,12H,7-10,16H2,1-2H3,(H,17,20);1H/t12-;/m0./s1. The summed E-state index contributed by atoms with van der Waals surface area (Å²) in [6.07, 6.45) is 2.72. The number of aromatic nitrogens is 2. The summed E-state index contributed by atoms with van der Waals surface area (Å²) in [6.45, 7) is 3.24. The summed E-state index contributed by atoms with van der Waals surface area (Å²) in [6, 6.07) is 7.60. The van der Waals surface area contributed by atoms with E-state index in [1.54, 1.807) is 11.8 Å². The molecule has 0 saturated heterocycles. The molecule has 0 radical (unpaired) electrons. The minimum atomic E-state index is -0.418. The second-order valence-electron chi connectivity index (χ2n) is 4.98. The summed E-state index contributed by atoms with van der Waals surface area (Å²) in [5.41, 5.74) is 7.92. The summed E-state index contributed by atoms with van der Waals surface area (Å²) in [4.78, 5) is 16.4. The highest BCUT2D eigenvalue weighted by molar-refractivity contribution is 7.98. The van der Waals surface area contributed by atoms with Crippen LogP contribution in [0.15, 0.2) is 24.3 Å². The van der Waals surface area contributed by atoms with Crippen LogP contribution in [0.5, 0.6) is 0 Å². The summed E-state index contributed by atoms with van der Waals surface area (Å²) in [5, 5.41) is 2.90. The molecule has 0 spiro atoms. The molecule has 0 aliphatic carbocycles. The average Bonchev–Trinajstić information content (AvgIpc) is 2.80. The van der Waals surface area contributed by atoms with E-state index < -0.39 is 6.04 Å². The number of nitrogens with one attached hydrogen (secondary N) is 1. The van der Waals surface area contributed by atoms with Crippen LogP contribution < -0.4 is 11.1 Å². The third kappa shape index (κ3) is 4.63. The van der Waals surface area contributed by atoms with E-state index in [0.29, 0.717) is 19.5 Å². The molecule has 1 atom stereocenters. The summed E-state index contributed by atoms with van der Waals surface area (Å²) < 4.78 is 2.11. The second-order valence-corrected chi connectivity index (χ2v) is 5.96. The average molecular weight is 343 g/mol. The van der Waals surface area contributed by atoms with Crippen molar-refractivity contribution in [3.8, 4) is 0 Å². The molecule has 2 aromatic rings. The lowest BCUT2D eigenvalue weighted by atomic mass is 10.2. The van der Waals surface area contributed by atoms with Crippen molar-refractivity contribution in [1.29, 1.82) is 0 Å². The Kier molecular flexibility index (Phi) is 7.72. The number of aryl methyl sites for hydroxylation is 1. The summed E-state index contributed by atoms with van der Waals surface area (Å²) in [5.74, 6) is 1.78. The molecular weight excluding hydrogens is 320 g/mol. The molecule has 0 saturated carbocycles. The Morgan fingerprint density at radius 2 is 2.18 bits per heavy atom. The molecule has 5 nitrogen and oxygen atoms in total. The molecule has 0 aliphatic rings. The van der Waals surface area contributed by atoms with Crippen molar-refractivity contribution < 1.29 is 4.79 Å². The smallest absolute Gasteiger partial charge is 0.237 e. The Labute approximate surface area is 141 Å². The number of nitrogens with two attached hydrogens (primary N) is 1. The highest BCUT2D eigenvalue weighted by atomic mass is 35.5. The van der Waals surface area contributed by atoms with Crippen LogP contribution in [0.2, 0.25) is 0 Å². The first-order chi connectivity index (χ1) is 10.1. The molecule has 22 heavy (non-hydrogen) atoms. The van der Waals surface area contributed by atoms with E-state index >= 15 is 0 Å². The number of hydrogen-bond donors (Lipinski definition) is 2. The zero-order valence-electron chi connectivity index (χ0n) is 12.9. The first-order valence-electron chi connectivity index (χ1n) is 7.07. The van der Waals surface area contributed by atoms with Crippen LogP contribution in [0.1, 0.15) is 12.2 Å². The third-order valence-corrected chi connectivity index (χ3v) is 4.09. The molecule has 1 amide bonds. The molecule has 1 heterocycles. The number of benzene rings is 1. The van der Waals surface area contributed by atoms with Gasteiger partial charge in [-0.2, -0.15) is 11.8 Å². The zero-order valence-corrected chi connectivity index (χ0v) is 14.5. The van der Waals surface area contributed by atoms with E-state index in [2.05, 4.69) is 14.9 Å². The lowest BCUT2D eigenvalue weighted by molar-refractivity contribution is -0.122. The topological polar surface area (TPSA) is 72.9 Å². The van der Waals surface area contributed by atoms with Gasteiger partial charge in [0.1, 0.15) is 5.82 Å². The van der Waals surface area contributed by atoms with Gasteiger partial charge in [0, 0.05) is 13.1 Å². The Hall–Kier alpha value is -1.24. The van der Waals surface area contributed by atoms with Gasteiger partial charge in [-0.15, -0.1) is 12.4 Å². The van der Waals surface area contributed by atoms with Gasteiger partial charge in [-0.05, 0) is 37.5 Å². The van der Waals surface area contributed by atoms with E-state index in [1.807, 2.05) is 37.4 Å². The number of carbonyl (C=O) groups is 1. The van der Waals surface area contributed by atoms with Crippen molar-refractivity contribution in [2.24, 2.45) is 5.73 Å². The second kappa shape index (κ2) is 9.02. The number of amides is 1. The Morgan fingerprint density at radius 1 is 1.45 bits per heavy atom. The SMILES string of the molecule is CSCC[C@H](N)C(=O)NCCn1c(C)nc2ccccc21.Cl. The molecular formula is C15H23ClN4OS. The van der Waals surface area contributed by atoms with Gasteiger partial charge in [-0.25, -0.2) is 4.98 Å². The molecule has 7 heteroatoms. The van der Waals surface area contributed by atoms with Gasteiger partial charge < -0.3 is 15.6 Å². The van der Waals surface area contributed by atoms with Crippen LogP contribution in [0.3, 0.4) is 0 Å². The Bertz CT molecular complexity index is 617. The van der Waals surface area contributed by atoms with E-state index in [4.69, 9.17) is 5.73 Å². The Morgan fingerprint density at radius 3 is 2.91 bits per heavy atom. The van der Waals surface area contributed by atoms with Crippen molar-refractivity contribution in [2.45, 2.75) is 25.9 Å². The molecule has 1 aromatic carbocycles. The maximum Gasteiger partial charge on any atom is 0.237 e. The number of hydrogen-bond acceptors (Lipinski definition) is 4. The lowest BCUT2D eigenvalue weighted by Gasteiger charge is -2.12. The fraction of sp³-hybridized carbons (Fsp3) is 0.467. The summed E-state index contributed by atoms with van der Waals surface area (Å²) in [7, 11) is 0. The molecule has 0 fully saturated rings.